The normalized spacial score (nSPS) is 10.0. The number of aromatic nitrogens is 2. The van der Waals surface area contributed by atoms with Gasteiger partial charge in [0.15, 0.2) is 5.69 Å². The highest BCUT2D eigenvalue weighted by molar-refractivity contribution is 7.10. The number of benzene rings is 1. The molecule has 0 fully saturated rings. The summed E-state index contributed by atoms with van der Waals surface area (Å²) in [5.74, 6) is -0.605. The first-order chi connectivity index (χ1) is 7.66. The molecule has 6 nitrogen and oxygen atoms in total. The highest BCUT2D eigenvalue weighted by Crippen LogP contribution is 2.23. The van der Waals surface area contributed by atoms with Crippen LogP contribution in [-0.4, -0.2) is 15.5 Å². The summed E-state index contributed by atoms with van der Waals surface area (Å²) in [4.78, 5) is 11.0. The Morgan fingerprint density at radius 2 is 2.00 bits per heavy atom. The van der Waals surface area contributed by atoms with Crippen molar-refractivity contribution < 1.29 is 4.79 Å². The lowest BCUT2D eigenvalue weighted by molar-refractivity contribution is 0.0996. The van der Waals surface area contributed by atoms with Crippen LogP contribution < -0.4 is 16.8 Å². The Labute approximate surface area is 95.4 Å². The number of carbonyl (C=O) groups is 1. The van der Waals surface area contributed by atoms with Gasteiger partial charge in [0.05, 0.1) is 0 Å². The van der Waals surface area contributed by atoms with E-state index in [2.05, 4.69) is 14.9 Å². The summed E-state index contributed by atoms with van der Waals surface area (Å²) in [5, 5.41) is 7.16. The number of rotatable bonds is 3. The molecule has 0 unspecified atom stereocenters. The van der Waals surface area contributed by atoms with E-state index < -0.39 is 5.91 Å². The average Bonchev–Trinajstić information content (AvgIpc) is 2.69. The van der Waals surface area contributed by atoms with Crippen LogP contribution in [0.1, 0.15) is 10.5 Å². The van der Waals surface area contributed by atoms with E-state index in [-0.39, 0.29) is 5.69 Å². The molecule has 16 heavy (non-hydrogen) atoms. The number of primary amides is 1. The molecule has 0 radical (unpaired) electrons. The number of hydrogen-bond donors (Lipinski definition) is 3. The summed E-state index contributed by atoms with van der Waals surface area (Å²) in [6.45, 7) is 0. The zero-order valence-electron chi connectivity index (χ0n) is 8.18. The van der Waals surface area contributed by atoms with Gasteiger partial charge in [-0.15, -0.1) is 5.10 Å². The predicted octanol–water partition coefficient (Wildman–Crippen LogP) is 0.963. The number of nitrogens with two attached hydrogens (primary N) is 2. The number of anilines is 3. The number of nitrogens with one attached hydrogen (secondary N) is 1. The third-order valence-corrected chi connectivity index (χ3v) is 2.53. The van der Waals surface area contributed by atoms with Gasteiger partial charge in [-0.1, -0.05) is 4.49 Å². The smallest absolute Gasteiger partial charge is 0.272 e. The third kappa shape index (κ3) is 2.09. The van der Waals surface area contributed by atoms with E-state index >= 15 is 0 Å². The Hall–Kier alpha value is -2.15. The highest BCUT2D eigenvalue weighted by atomic mass is 32.1. The largest absolute Gasteiger partial charge is 0.399 e. The Morgan fingerprint density at radius 3 is 2.62 bits per heavy atom. The summed E-state index contributed by atoms with van der Waals surface area (Å²) in [6, 6.07) is 7.08. The second-order valence-corrected chi connectivity index (χ2v) is 3.82. The quantitative estimate of drug-likeness (QED) is 0.687. The van der Waals surface area contributed by atoms with Crippen molar-refractivity contribution in [2.75, 3.05) is 11.1 Å². The van der Waals surface area contributed by atoms with E-state index in [0.717, 1.165) is 17.2 Å². The van der Waals surface area contributed by atoms with Crippen molar-refractivity contribution in [3.63, 3.8) is 0 Å². The van der Waals surface area contributed by atoms with Gasteiger partial charge in [-0.25, -0.2) is 0 Å². The molecule has 7 heteroatoms. The molecule has 0 saturated heterocycles. The van der Waals surface area contributed by atoms with Crippen LogP contribution in [0.3, 0.4) is 0 Å². The van der Waals surface area contributed by atoms with Crippen molar-refractivity contribution in [3.8, 4) is 0 Å². The Morgan fingerprint density at radius 1 is 1.31 bits per heavy atom. The molecule has 0 bridgehead atoms. The molecule has 2 rings (SSSR count). The Bertz CT molecular complexity index is 507. The molecule has 0 aliphatic rings. The van der Waals surface area contributed by atoms with Crippen LogP contribution in [0.2, 0.25) is 0 Å². The van der Waals surface area contributed by atoms with Crippen LogP contribution >= 0.6 is 11.5 Å². The van der Waals surface area contributed by atoms with E-state index in [1.807, 2.05) is 0 Å². The maximum Gasteiger partial charge on any atom is 0.272 e. The summed E-state index contributed by atoms with van der Waals surface area (Å²) in [7, 11) is 0. The monoisotopic (exact) mass is 235 g/mol. The van der Waals surface area contributed by atoms with Crippen molar-refractivity contribution >= 4 is 33.8 Å². The molecule has 0 saturated carbocycles. The van der Waals surface area contributed by atoms with Gasteiger partial charge >= 0.3 is 0 Å². The maximum absolute atomic E-state index is 11.0. The lowest BCUT2D eigenvalue weighted by atomic mass is 10.3. The predicted molar refractivity (Wildman–Crippen MR) is 62.6 cm³/mol. The van der Waals surface area contributed by atoms with Crippen LogP contribution in [0.5, 0.6) is 0 Å². The molecule has 1 amide bonds. The zero-order chi connectivity index (χ0) is 11.5. The van der Waals surface area contributed by atoms with Gasteiger partial charge in [-0.2, -0.15) is 0 Å². The minimum atomic E-state index is -0.605. The number of nitrogen functional groups attached to an aromatic ring is 1. The van der Waals surface area contributed by atoms with Crippen LogP contribution in [0, 0.1) is 0 Å². The fourth-order valence-electron chi connectivity index (χ4n) is 1.13. The van der Waals surface area contributed by atoms with Gasteiger partial charge in [0, 0.05) is 22.9 Å². The molecule has 82 valence electrons. The minimum Gasteiger partial charge on any atom is -0.399 e. The molecule has 1 aromatic heterocycles. The van der Waals surface area contributed by atoms with Gasteiger partial charge in [-0.3, -0.25) is 4.79 Å². The Balaban J connectivity index is 2.23. The first kappa shape index (κ1) is 10.4. The van der Waals surface area contributed by atoms with E-state index in [1.165, 1.54) is 0 Å². The summed E-state index contributed by atoms with van der Waals surface area (Å²) < 4.78 is 3.66. The van der Waals surface area contributed by atoms with Crippen molar-refractivity contribution in [1.82, 2.24) is 9.59 Å². The lowest BCUT2D eigenvalue weighted by Crippen LogP contribution is -2.13. The summed E-state index contributed by atoms with van der Waals surface area (Å²) >= 11 is 1.07. The van der Waals surface area contributed by atoms with E-state index in [0.29, 0.717) is 10.7 Å². The standard InChI is InChI=1S/C9H9N5OS/c10-5-1-3-6(4-2-5)12-9-7(8(11)15)13-14-16-9/h1-4,12H,10H2,(H2,11,15). The summed E-state index contributed by atoms with van der Waals surface area (Å²) in [6.07, 6.45) is 0. The molecule has 0 spiro atoms. The number of carbonyl (C=O) groups excluding carboxylic acids is 1. The molecule has 0 aliphatic carbocycles. The van der Waals surface area contributed by atoms with Crippen molar-refractivity contribution in [1.29, 1.82) is 0 Å². The fourth-order valence-corrected chi connectivity index (χ4v) is 1.73. The van der Waals surface area contributed by atoms with E-state index in [9.17, 15) is 4.79 Å². The molecular formula is C9H9N5OS. The Kier molecular flexibility index (Phi) is 2.69. The van der Waals surface area contributed by atoms with Gasteiger partial charge < -0.3 is 16.8 Å². The van der Waals surface area contributed by atoms with Crippen LogP contribution in [0.25, 0.3) is 0 Å². The molecule has 1 heterocycles. The second kappa shape index (κ2) is 4.15. The van der Waals surface area contributed by atoms with Crippen molar-refractivity contribution in [3.05, 3.63) is 30.0 Å². The average molecular weight is 235 g/mol. The van der Waals surface area contributed by atoms with Crippen molar-refractivity contribution in [2.24, 2.45) is 5.73 Å². The first-order valence-corrected chi connectivity index (χ1v) is 5.19. The first-order valence-electron chi connectivity index (χ1n) is 4.41. The van der Waals surface area contributed by atoms with Gasteiger partial charge in [0.25, 0.3) is 5.91 Å². The van der Waals surface area contributed by atoms with Crippen LogP contribution in [0.15, 0.2) is 24.3 Å². The highest BCUT2D eigenvalue weighted by Gasteiger charge is 2.13. The topological polar surface area (TPSA) is 107 Å². The van der Waals surface area contributed by atoms with Crippen LogP contribution in [-0.2, 0) is 0 Å². The molecule has 0 aliphatic heterocycles. The van der Waals surface area contributed by atoms with Crippen LogP contribution in [0.4, 0.5) is 16.4 Å². The maximum atomic E-state index is 11.0. The van der Waals surface area contributed by atoms with Gasteiger partial charge in [-0.05, 0) is 24.3 Å². The minimum absolute atomic E-state index is 0.141. The number of amides is 1. The fraction of sp³-hybridized carbons (Fsp3) is 0. The molecular weight excluding hydrogens is 226 g/mol. The lowest BCUT2D eigenvalue weighted by Gasteiger charge is -2.03. The van der Waals surface area contributed by atoms with E-state index in [4.69, 9.17) is 11.5 Å². The summed E-state index contributed by atoms with van der Waals surface area (Å²) in [5.41, 5.74) is 12.3. The molecule has 0 atom stereocenters. The van der Waals surface area contributed by atoms with E-state index in [1.54, 1.807) is 24.3 Å². The van der Waals surface area contributed by atoms with Gasteiger partial charge in [0.1, 0.15) is 5.00 Å². The van der Waals surface area contributed by atoms with Gasteiger partial charge in [0.2, 0.25) is 0 Å². The number of nitrogens with zero attached hydrogens (tertiary/aromatic N) is 2. The zero-order valence-corrected chi connectivity index (χ0v) is 8.99. The SMILES string of the molecule is NC(=O)c1nnsc1Nc1ccc(N)cc1. The van der Waals surface area contributed by atoms with Crippen molar-refractivity contribution in [2.45, 2.75) is 0 Å². The third-order valence-electron chi connectivity index (χ3n) is 1.89. The molecule has 2 aromatic rings. The second-order valence-electron chi connectivity index (χ2n) is 3.06. The molecule has 5 N–H and O–H groups in total. The molecule has 1 aromatic carbocycles. The number of hydrogen-bond acceptors (Lipinski definition) is 6.